The summed E-state index contributed by atoms with van der Waals surface area (Å²) < 4.78 is 26.9. The zero-order chi connectivity index (χ0) is 16.1. The summed E-state index contributed by atoms with van der Waals surface area (Å²) in [7, 11) is 0. The molecule has 114 valence electrons. The molecule has 0 spiro atoms. The number of amides is 1. The van der Waals surface area contributed by atoms with E-state index < -0.39 is 23.5 Å². The van der Waals surface area contributed by atoms with Gasteiger partial charge in [0.05, 0.1) is 12.1 Å². The first-order chi connectivity index (χ1) is 10.5. The number of hydrogen-bond donors (Lipinski definition) is 1. The van der Waals surface area contributed by atoms with Crippen molar-refractivity contribution in [3.8, 4) is 0 Å². The lowest BCUT2D eigenvalue weighted by Crippen LogP contribution is -2.33. The smallest absolute Gasteiger partial charge is 0.305 e. The highest BCUT2D eigenvalue weighted by molar-refractivity contribution is 6.06. The Morgan fingerprint density at radius 2 is 1.82 bits per heavy atom. The maximum atomic E-state index is 13.9. The molecule has 0 radical (unpaired) electrons. The first-order valence-electron chi connectivity index (χ1n) is 6.38. The minimum absolute atomic E-state index is 0.176. The summed E-state index contributed by atoms with van der Waals surface area (Å²) in [6.45, 7) is -0.237. The predicted molar refractivity (Wildman–Crippen MR) is 74.5 cm³/mol. The van der Waals surface area contributed by atoms with Gasteiger partial charge in [-0.15, -0.1) is 0 Å². The van der Waals surface area contributed by atoms with Crippen LogP contribution in [0.25, 0.3) is 0 Å². The van der Waals surface area contributed by atoms with Crippen molar-refractivity contribution in [3.63, 3.8) is 0 Å². The topological polar surface area (TPSA) is 70.5 Å². The number of carboxylic acid groups (broad SMARTS) is 1. The van der Waals surface area contributed by atoms with Crippen molar-refractivity contribution in [2.45, 2.75) is 6.42 Å². The fraction of sp³-hybridized carbons (Fsp3) is 0.133. The SMILES string of the molecule is O=C(O)CCN(C(=O)c1ccncc1)c1ccc(F)cc1F. The number of carboxylic acids is 1. The molecule has 1 aromatic carbocycles. The molecule has 0 unspecified atom stereocenters. The van der Waals surface area contributed by atoms with E-state index in [9.17, 15) is 18.4 Å². The first kappa shape index (κ1) is 15.6. The third-order valence-corrected chi connectivity index (χ3v) is 2.92. The molecule has 0 aliphatic rings. The molecule has 0 aliphatic carbocycles. The summed E-state index contributed by atoms with van der Waals surface area (Å²) in [5.74, 6) is -3.44. The second-order valence-electron chi connectivity index (χ2n) is 4.43. The van der Waals surface area contributed by atoms with E-state index in [1.54, 1.807) is 0 Å². The molecule has 1 heterocycles. The Morgan fingerprint density at radius 1 is 1.14 bits per heavy atom. The Morgan fingerprint density at radius 3 is 2.41 bits per heavy atom. The molecule has 0 atom stereocenters. The molecule has 0 bridgehead atoms. The summed E-state index contributed by atoms with van der Waals surface area (Å²) in [5.41, 5.74) is 0.0496. The van der Waals surface area contributed by atoms with E-state index in [4.69, 9.17) is 5.11 Å². The second kappa shape index (κ2) is 6.75. The molecule has 2 rings (SSSR count). The number of anilines is 1. The fourth-order valence-corrected chi connectivity index (χ4v) is 1.89. The van der Waals surface area contributed by atoms with E-state index in [0.717, 1.165) is 17.0 Å². The first-order valence-corrected chi connectivity index (χ1v) is 6.38. The van der Waals surface area contributed by atoms with Crippen molar-refractivity contribution in [1.29, 1.82) is 0 Å². The van der Waals surface area contributed by atoms with Gasteiger partial charge in [-0.25, -0.2) is 8.78 Å². The van der Waals surface area contributed by atoms with Crippen molar-refractivity contribution >= 4 is 17.6 Å². The Kier molecular flexibility index (Phi) is 4.77. The van der Waals surface area contributed by atoms with Gasteiger partial charge in [0, 0.05) is 30.6 Å². The molecular formula is C15H12F2N2O3. The Bertz CT molecular complexity index is 692. The van der Waals surface area contributed by atoms with Crippen LogP contribution < -0.4 is 4.90 Å². The van der Waals surface area contributed by atoms with Gasteiger partial charge in [0.15, 0.2) is 0 Å². The maximum Gasteiger partial charge on any atom is 0.305 e. The highest BCUT2D eigenvalue weighted by atomic mass is 19.1. The van der Waals surface area contributed by atoms with Gasteiger partial charge >= 0.3 is 5.97 Å². The molecule has 0 aliphatic heterocycles. The van der Waals surface area contributed by atoms with Crippen LogP contribution in [0.3, 0.4) is 0 Å². The molecule has 1 amide bonds. The molecule has 0 fully saturated rings. The molecule has 1 aromatic heterocycles. The molecule has 1 N–H and O–H groups in total. The number of aliphatic carboxylic acids is 1. The van der Waals surface area contributed by atoms with E-state index >= 15 is 0 Å². The van der Waals surface area contributed by atoms with Crippen molar-refractivity contribution < 1.29 is 23.5 Å². The lowest BCUT2D eigenvalue weighted by atomic mass is 10.2. The highest BCUT2D eigenvalue weighted by Gasteiger charge is 2.21. The van der Waals surface area contributed by atoms with Crippen LogP contribution in [0.1, 0.15) is 16.8 Å². The van der Waals surface area contributed by atoms with Crippen molar-refractivity contribution in [1.82, 2.24) is 4.98 Å². The van der Waals surface area contributed by atoms with Crippen LogP contribution in [0.4, 0.5) is 14.5 Å². The van der Waals surface area contributed by atoms with Crippen LogP contribution in [0, 0.1) is 11.6 Å². The van der Waals surface area contributed by atoms with E-state index in [0.29, 0.717) is 6.07 Å². The van der Waals surface area contributed by atoms with Gasteiger partial charge in [-0.05, 0) is 24.3 Å². The molecule has 0 saturated heterocycles. The monoisotopic (exact) mass is 306 g/mol. The van der Waals surface area contributed by atoms with Gasteiger partial charge in [0.1, 0.15) is 11.6 Å². The summed E-state index contributed by atoms with van der Waals surface area (Å²) in [5, 5.41) is 8.77. The standard InChI is InChI=1S/C15H12F2N2O3/c16-11-1-2-13(12(17)9-11)19(8-5-14(20)21)15(22)10-3-6-18-7-4-10/h1-4,6-7,9H,5,8H2,(H,20,21). The number of carbonyl (C=O) groups excluding carboxylic acids is 1. The number of aromatic nitrogens is 1. The Balaban J connectivity index is 2.37. The number of halogens is 2. The largest absolute Gasteiger partial charge is 0.481 e. The van der Waals surface area contributed by atoms with Gasteiger partial charge in [-0.2, -0.15) is 0 Å². The van der Waals surface area contributed by atoms with Gasteiger partial charge in [0.25, 0.3) is 5.91 Å². The van der Waals surface area contributed by atoms with Crippen LogP contribution in [-0.2, 0) is 4.79 Å². The number of nitrogens with zero attached hydrogens (tertiary/aromatic N) is 2. The number of rotatable bonds is 5. The lowest BCUT2D eigenvalue weighted by Gasteiger charge is -2.22. The molecule has 7 heteroatoms. The second-order valence-corrected chi connectivity index (χ2v) is 4.43. The van der Waals surface area contributed by atoms with E-state index in [-0.39, 0.29) is 24.2 Å². The average Bonchev–Trinajstić information content (AvgIpc) is 2.49. The molecular weight excluding hydrogens is 294 g/mol. The van der Waals surface area contributed by atoms with Gasteiger partial charge in [-0.1, -0.05) is 0 Å². The van der Waals surface area contributed by atoms with Crippen LogP contribution in [0.15, 0.2) is 42.7 Å². The minimum atomic E-state index is -1.13. The summed E-state index contributed by atoms with van der Waals surface area (Å²) in [6, 6.07) is 5.61. The van der Waals surface area contributed by atoms with Crippen LogP contribution in [-0.4, -0.2) is 28.5 Å². The third-order valence-electron chi connectivity index (χ3n) is 2.92. The number of benzene rings is 1. The van der Waals surface area contributed by atoms with Crippen molar-refractivity contribution in [2.24, 2.45) is 0 Å². The summed E-state index contributed by atoms with van der Waals surface area (Å²) >= 11 is 0. The highest BCUT2D eigenvalue weighted by Crippen LogP contribution is 2.22. The zero-order valence-corrected chi connectivity index (χ0v) is 11.4. The van der Waals surface area contributed by atoms with E-state index in [1.807, 2.05) is 0 Å². The third kappa shape index (κ3) is 3.63. The molecule has 5 nitrogen and oxygen atoms in total. The Labute approximate surface area is 124 Å². The van der Waals surface area contributed by atoms with Crippen LogP contribution in [0.5, 0.6) is 0 Å². The summed E-state index contributed by atoms with van der Waals surface area (Å²) in [6.07, 6.45) is 2.42. The normalized spacial score (nSPS) is 10.3. The van der Waals surface area contributed by atoms with Gasteiger partial charge < -0.3 is 10.0 Å². The predicted octanol–water partition coefficient (Wildman–Crippen LogP) is 2.48. The zero-order valence-electron chi connectivity index (χ0n) is 11.4. The Hall–Kier alpha value is -2.83. The van der Waals surface area contributed by atoms with Gasteiger partial charge in [0.2, 0.25) is 0 Å². The average molecular weight is 306 g/mol. The fourth-order valence-electron chi connectivity index (χ4n) is 1.89. The molecule has 0 saturated carbocycles. The molecule has 22 heavy (non-hydrogen) atoms. The van der Waals surface area contributed by atoms with Crippen LogP contribution in [0.2, 0.25) is 0 Å². The number of carbonyl (C=O) groups is 2. The van der Waals surface area contributed by atoms with E-state index in [1.165, 1.54) is 24.5 Å². The number of hydrogen-bond acceptors (Lipinski definition) is 3. The quantitative estimate of drug-likeness (QED) is 0.921. The van der Waals surface area contributed by atoms with Gasteiger partial charge in [-0.3, -0.25) is 14.6 Å². The number of pyridine rings is 1. The summed E-state index contributed by atoms with van der Waals surface area (Å²) in [4.78, 5) is 27.9. The minimum Gasteiger partial charge on any atom is -0.481 e. The van der Waals surface area contributed by atoms with Crippen molar-refractivity contribution in [2.75, 3.05) is 11.4 Å². The van der Waals surface area contributed by atoms with E-state index in [2.05, 4.69) is 4.98 Å². The van der Waals surface area contributed by atoms with Crippen LogP contribution >= 0.6 is 0 Å². The maximum absolute atomic E-state index is 13.9. The van der Waals surface area contributed by atoms with Crippen molar-refractivity contribution in [3.05, 3.63) is 59.9 Å². The lowest BCUT2D eigenvalue weighted by molar-refractivity contribution is -0.136. The molecule has 2 aromatic rings.